The lowest BCUT2D eigenvalue weighted by molar-refractivity contribution is 0.0725. The second kappa shape index (κ2) is 6.48. The van der Waals surface area contributed by atoms with Crippen LogP contribution in [-0.4, -0.2) is 37.1 Å². The first-order valence-corrected chi connectivity index (χ1v) is 7.23. The fourth-order valence-electron chi connectivity index (χ4n) is 2.25. The van der Waals surface area contributed by atoms with Gasteiger partial charge in [0.1, 0.15) is 5.82 Å². The van der Waals surface area contributed by atoms with Crippen molar-refractivity contribution in [2.75, 3.05) is 26.3 Å². The maximum atomic E-state index is 13.8. The number of nitrogens with zero attached hydrogens (tertiary/aromatic N) is 1. The number of amides is 1. The highest BCUT2D eigenvalue weighted by atomic mass is 79.9. The van der Waals surface area contributed by atoms with Crippen LogP contribution >= 0.6 is 15.9 Å². The van der Waals surface area contributed by atoms with Crippen LogP contribution in [0.5, 0.6) is 0 Å². The fourth-order valence-corrected chi connectivity index (χ4v) is 2.77. The Morgan fingerprint density at radius 2 is 2.37 bits per heavy atom. The number of carbonyl (C=O) groups excluding carboxylic acids is 1. The van der Waals surface area contributed by atoms with E-state index in [-0.39, 0.29) is 11.5 Å². The molecule has 1 atom stereocenters. The highest BCUT2D eigenvalue weighted by Crippen LogP contribution is 2.23. The molecule has 1 fully saturated rings. The molecule has 0 aliphatic carbocycles. The van der Waals surface area contributed by atoms with Gasteiger partial charge in [0.2, 0.25) is 0 Å². The summed E-state index contributed by atoms with van der Waals surface area (Å²) in [6.45, 7) is 4.52. The molecule has 5 heteroatoms. The lowest BCUT2D eigenvalue weighted by Crippen LogP contribution is -2.36. The SMILES string of the molecule is CCN(C[C@@H]1CCOC1)C(=O)c1c(F)cccc1Br. The third-order valence-electron chi connectivity index (χ3n) is 3.35. The van der Waals surface area contributed by atoms with Gasteiger partial charge in [-0.05, 0) is 41.4 Å². The van der Waals surface area contributed by atoms with E-state index in [0.29, 0.717) is 30.1 Å². The van der Waals surface area contributed by atoms with Gasteiger partial charge >= 0.3 is 0 Å². The normalized spacial score (nSPS) is 18.6. The van der Waals surface area contributed by atoms with E-state index in [4.69, 9.17) is 4.74 Å². The standard InChI is InChI=1S/C14H17BrFNO2/c1-2-17(8-10-6-7-19-9-10)14(18)13-11(15)4-3-5-12(13)16/h3-5,10H,2,6-9H2,1H3/t10-/m0/s1. The molecule has 0 unspecified atom stereocenters. The van der Waals surface area contributed by atoms with Crippen molar-refractivity contribution in [3.63, 3.8) is 0 Å². The molecule has 0 bridgehead atoms. The summed E-state index contributed by atoms with van der Waals surface area (Å²) < 4.78 is 19.6. The minimum absolute atomic E-state index is 0.114. The van der Waals surface area contributed by atoms with Crippen LogP contribution in [0.25, 0.3) is 0 Å². The maximum Gasteiger partial charge on any atom is 0.257 e. The Morgan fingerprint density at radius 1 is 1.58 bits per heavy atom. The Morgan fingerprint density at radius 3 is 2.95 bits per heavy atom. The molecule has 0 spiro atoms. The first-order valence-electron chi connectivity index (χ1n) is 6.44. The quantitative estimate of drug-likeness (QED) is 0.849. The van der Waals surface area contributed by atoms with Crippen LogP contribution in [0.2, 0.25) is 0 Å². The highest BCUT2D eigenvalue weighted by molar-refractivity contribution is 9.10. The number of hydrogen-bond donors (Lipinski definition) is 0. The smallest absolute Gasteiger partial charge is 0.257 e. The van der Waals surface area contributed by atoms with Gasteiger partial charge in [-0.2, -0.15) is 0 Å². The number of benzene rings is 1. The Hall–Kier alpha value is -0.940. The van der Waals surface area contributed by atoms with Crippen molar-refractivity contribution in [2.24, 2.45) is 5.92 Å². The van der Waals surface area contributed by atoms with Gasteiger partial charge < -0.3 is 9.64 Å². The molecule has 0 saturated carbocycles. The minimum atomic E-state index is -0.486. The molecule has 3 nitrogen and oxygen atoms in total. The summed E-state index contributed by atoms with van der Waals surface area (Å²) in [5.74, 6) is -0.394. The molecule has 1 aliphatic rings. The average Bonchev–Trinajstić information content (AvgIpc) is 2.88. The molecule has 2 rings (SSSR count). The van der Waals surface area contributed by atoms with Crippen LogP contribution < -0.4 is 0 Å². The summed E-state index contributed by atoms with van der Waals surface area (Å²) in [6, 6.07) is 4.57. The Kier molecular flexibility index (Phi) is 4.93. The zero-order valence-electron chi connectivity index (χ0n) is 10.9. The van der Waals surface area contributed by atoms with Crippen molar-refractivity contribution in [1.82, 2.24) is 4.90 Å². The molecule has 19 heavy (non-hydrogen) atoms. The summed E-state index contributed by atoms with van der Waals surface area (Å²) in [5.41, 5.74) is 0.114. The maximum absolute atomic E-state index is 13.8. The zero-order chi connectivity index (χ0) is 13.8. The largest absolute Gasteiger partial charge is 0.381 e. The van der Waals surface area contributed by atoms with Crippen LogP contribution in [0.4, 0.5) is 4.39 Å². The molecule has 1 amide bonds. The molecule has 0 aromatic heterocycles. The molecule has 0 radical (unpaired) electrons. The molecule has 1 heterocycles. The van der Waals surface area contributed by atoms with Crippen molar-refractivity contribution >= 4 is 21.8 Å². The van der Waals surface area contributed by atoms with Gasteiger partial charge in [-0.15, -0.1) is 0 Å². The van der Waals surface area contributed by atoms with Crippen molar-refractivity contribution in [2.45, 2.75) is 13.3 Å². The summed E-state index contributed by atoms with van der Waals surface area (Å²) in [6.07, 6.45) is 0.961. The van der Waals surface area contributed by atoms with E-state index >= 15 is 0 Å². The van der Waals surface area contributed by atoms with Crippen molar-refractivity contribution in [3.05, 3.63) is 34.1 Å². The number of rotatable bonds is 4. The van der Waals surface area contributed by atoms with Gasteiger partial charge in [0.15, 0.2) is 0 Å². The molecule has 0 N–H and O–H groups in total. The van der Waals surface area contributed by atoms with E-state index in [0.717, 1.165) is 13.0 Å². The number of ether oxygens (including phenoxy) is 1. The van der Waals surface area contributed by atoms with Gasteiger partial charge in [0, 0.05) is 30.1 Å². The zero-order valence-corrected chi connectivity index (χ0v) is 12.5. The second-order valence-electron chi connectivity index (χ2n) is 4.67. The van der Waals surface area contributed by atoms with E-state index in [1.165, 1.54) is 6.07 Å². The highest BCUT2D eigenvalue weighted by Gasteiger charge is 2.25. The van der Waals surface area contributed by atoms with E-state index in [9.17, 15) is 9.18 Å². The number of carbonyl (C=O) groups is 1. The van der Waals surface area contributed by atoms with Gasteiger partial charge in [0.25, 0.3) is 5.91 Å². The first-order chi connectivity index (χ1) is 9.13. The predicted molar refractivity (Wildman–Crippen MR) is 74.6 cm³/mol. The van der Waals surface area contributed by atoms with Crippen LogP contribution in [0.15, 0.2) is 22.7 Å². The van der Waals surface area contributed by atoms with Gasteiger partial charge in [0.05, 0.1) is 12.2 Å². The third kappa shape index (κ3) is 3.34. The molecule has 104 valence electrons. The summed E-state index contributed by atoms with van der Waals surface area (Å²) in [4.78, 5) is 14.1. The van der Waals surface area contributed by atoms with E-state index in [1.54, 1.807) is 17.0 Å². The Labute approximate surface area is 120 Å². The first kappa shape index (κ1) is 14.5. The van der Waals surface area contributed by atoms with E-state index < -0.39 is 5.82 Å². The van der Waals surface area contributed by atoms with Crippen LogP contribution in [0.1, 0.15) is 23.7 Å². The lowest BCUT2D eigenvalue weighted by Gasteiger charge is -2.24. The third-order valence-corrected chi connectivity index (χ3v) is 4.01. The van der Waals surface area contributed by atoms with E-state index in [2.05, 4.69) is 15.9 Å². The minimum Gasteiger partial charge on any atom is -0.381 e. The van der Waals surface area contributed by atoms with Crippen molar-refractivity contribution in [3.8, 4) is 0 Å². The van der Waals surface area contributed by atoms with E-state index in [1.807, 2.05) is 6.92 Å². The van der Waals surface area contributed by atoms with Crippen LogP contribution in [0.3, 0.4) is 0 Å². The molecule has 1 saturated heterocycles. The Balaban J connectivity index is 2.15. The average molecular weight is 330 g/mol. The topological polar surface area (TPSA) is 29.5 Å². The molecule has 1 aliphatic heterocycles. The van der Waals surface area contributed by atoms with Gasteiger partial charge in [-0.1, -0.05) is 6.07 Å². The van der Waals surface area contributed by atoms with Crippen LogP contribution in [-0.2, 0) is 4.74 Å². The number of halogens is 2. The molecular formula is C14H17BrFNO2. The fraction of sp³-hybridized carbons (Fsp3) is 0.500. The van der Waals surface area contributed by atoms with Gasteiger partial charge in [-0.25, -0.2) is 4.39 Å². The van der Waals surface area contributed by atoms with Crippen molar-refractivity contribution in [1.29, 1.82) is 0 Å². The molecular weight excluding hydrogens is 313 g/mol. The summed E-state index contributed by atoms with van der Waals surface area (Å²) in [7, 11) is 0. The number of hydrogen-bond acceptors (Lipinski definition) is 2. The Bertz CT molecular complexity index is 441. The van der Waals surface area contributed by atoms with Gasteiger partial charge in [-0.3, -0.25) is 4.79 Å². The monoisotopic (exact) mass is 329 g/mol. The lowest BCUT2D eigenvalue weighted by atomic mass is 10.1. The second-order valence-corrected chi connectivity index (χ2v) is 5.52. The molecule has 1 aromatic carbocycles. The van der Waals surface area contributed by atoms with Crippen LogP contribution in [0, 0.1) is 11.7 Å². The van der Waals surface area contributed by atoms with Crippen molar-refractivity contribution < 1.29 is 13.9 Å². The summed E-state index contributed by atoms with van der Waals surface area (Å²) in [5, 5.41) is 0. The summed E-state index contributed by atoms with van der Waals surface area (Å²) >= 11 is 3.25. The molecule has 1 aromatic rings. The predicted octanol–water partition coefficient (Wildman–Crippen LogP) is 3.09.